The summed E-state index contributed by atoms with van der Waals surface area (Å²) < 4.78 is 0. The number of rotatable bonds is 3. The fourth-order valence-electron chi connectivity index (χ4n) is 0.372. The number of allylic oxidation sites excluding steroid dienone is 2. The molecule has 0 fully saturated rings. The minimum absolute atomic E-state index is 0. The molecule has 43 valence electrons. The minimum atomic E-state index is 0. The summed E-state index contributed by atoms with van der Waals surface area (Å²) >= 11 is 0. The zero-order valence-corrected chi connectivity index (χ0v) is 8.06. The second kappa shape index (κ2) is 7.58. The Hall–Kier alpha value is 0.584. The molecule has 0 aromatic carbocycles. The maximum absolute atomic E-state index is 5.32. The second-order valence-electron chi connectivity index (χ2n) is 1.49. The molecule has 0 aromatic heterocycles. The third-order valence-electron chi connectivity index (χ3n) is 0.753. The zero-order valence-electron chi connectivity index (χ0n) is 5.22. The van der Waals surface area contributed by atoms with Crippen molar-refractivity contribution in [1.29, 1.82) is 0 Å². The van der Waals surface area contributed by atoms with E-state index in [2.05, 4.69) is 6.92 Å². The first-order valence-corrected chi connectivity index (χ1v) is 2.47. The SMILES string of the molecule is [CH-]=CC(=[CH-])CCC.[Y]. The third kappa shape index (κ3) is 6.58. The first-order chi connectivity index (χ1) is 3.31. The largest absolute Gasteiger partial charge is 0.394 e. The van der Waals surface area contributed by atoms with E-state index >= 15 is 0 Å². The first-order valence-electron chi connectivity index (χ1n) is 2.47. The van der Waals surface area contributed by atoms with Crippen molar-refractivity contribution in [3.8, 4) is 0 Å². The van der Waals surface area contributed by atoms with Gasteiger partial charge in [-0.3, -0.25) is 0 Å². The molecule has 0 aromatic rings. The van der Waals surface area contributed by atoms with Crippen molar-refractivity contribution < 1.29 is 32.7 Å². The van der Waals surface area contributed by atoms with Crippen LogP contribution in [-0.4, -0.2) is 0 Å². The summed E-state index contributed by atoms with van der Waals surface area (Å²) in [5, 5.41) is 0. The Morgan fingerprint density at radius 2 is 2.12 bits per heavy atom. The van der Waals surface area contributed by atoms with E-state index in [0.717, 1.165) is 18.4 Å². The molecular weight excluding hydrogens is 173 g/mol. The fraction of sp³-hybridized carbons (Fsp3) is 0.429. The molecule has 0 nitrogen and oxygen atoms in total. The van der Waals surface area contributed by atoms with Gasteiger partial charge in [0.25, 0.3) is 0 Å². The van der Waals surface area contributed by atoms with Crippen molar-refractivity contribution in [3.63, 3.8) is 0 Å². The fourth-order valence-corrected chi connectivity index (χ4v) is 0.372. The standard InChI is InChI=1S/C7H10.Y/c1-4-6-7(3)5-2;/h2-3,5H,4,6H2,1H3;/q-2;. The summed E-state index contributed by atoms with van der Waals surface area (Å²) in [5.74, 6) is 0. The Morgan fingerprint density at radius 1 is 1.62 bits per heavy atom. The molecule has 1 heteroatoms. The summed E-state index contributed by atoms with van der Waals surface area (Å²) in [6.45, 7) is 12.5. The van der Waals surface area contributed by atoms with Crippen molar-refractivity contribution in [2.45, 2.75) is 19.8 Å². The van der Waals surface area contributed by atoms with E-state index in [1.54, 1.807) is 0 Å². The van der Waals surface area contributed by atoms with Gasteiger partial charge in [-0.05, 0) is 0 Å². The smallest absolute Gasteiger partial charge is 0 e. The van der Waals surface area contributed by atoms with Crippen LogP contribution in [0.4, 0.5) is 0 Å². The Labute approximate surface area is 76.9 Å². The molecule has 0 bridgehead atoms. The van der Waals surface area contributed by atoms with Crippen molar-refractivity contribution in [2.24, 2.45) is 0 Å². The van der Waals surface area contributed by atoms with Crippen LogP contribution in [-0.2, 0) is 32.7 Å². The van der Waals surface area contributed by atoms with Crippen LogP contribution in [0.25, 0.3) is 0 Å². The van der Waals surface area contributed by atoms with Gasteiger partial charge in [0.05, 0.1) is 0 Å². The Morgan fingerprint density at radius 3 is 2.25 bits per heavy atom. The van der Waals surface area contributed by atoms with Gasteiger partial charge in [-0.15, -0.1) is 6.42 Å². The Bertz CT molecular complexity index is 74.5. The number of hydrogen-bond acceptors (Lipinski definition) is 0. The van der Waals surface area contributed by atoms with Crippen molar-refractivity contribution >= 4 is 0 Å². The van der Waals surface area contributed by atoms with E-state index < -0.39 is 0 Å². The van der Waals surface area contributed by atoms with Crippen LogP contribution < -0.4 is 0 Å². The van der Waals surface area contributed by atoms with Crippen molar-refractivity contribution in [2.75, 3.05) is 0 Å². The van der Waals surface area contributed by atoms with Crippen LogP contribution in [0.5, 0.6) is 0 Å². The van der Waals surface area contributed by atoms with Gasteiger partial charge in [0.1, 0.15) is 0 Å². The summed E-state index contributed by atoms with van der Waals surface area (Å²) in [4.78, 5) is 0. The predicted octanol–water partition coefficient (Wildman–Crippen LogP) is 2.13. The molecule has 0 aliphatic heterocycles. The third-order valence-corrected chi connectivity index (χ3v) is 0.753. The van der Waals surface area contributed by atoms with Gasteiger partial charge >= 0.3 is 0 Å². The van der Waals surface area contributed by atoms with E-state index in [4.69, 9.17) is 13.2 Å². The van der Waals surface area contributed by atoms with Crippen LogP contribution in [0.1, 0.15) is 19.8 Å². The predicted molar refractivity (Wildman–Crippen MR) is 31.6 cm³/mol. The van der Waals surface area contributed by atoms with Gasteiger partial charge in [0, 0.05) is 32.7 Å². The van der Waals surface area contributed by atoms with Crippen molar-refractivity contribution in [3.05, 3.63) is 24.8 Å². The number of hydrogen-bond donors (Lipinski definition) is 0. The summed E-state index contributed by atoms with van der Waals surface area (Å²) in [5.41, 5.74) is 0.780. The van der Waals surface area contributed by atoms with E-state index in [1.165, 1.54) is 6.08 Å². The van der Waals surface area contributed by atoms with Gasteiger partial charge in [-0.1, -0.05) is 13.3 Å². The topological polar surface area (TPSA) is 0 Å². The van der Waals surface area contributed by atoms with Crippen LogP contribution in [0, 0.1) is 13.2 Å². The molecule has 0 amide bonds. The zero-order chi connectivity index (χ0) is 5.70. The maximum atomic E-state index is 5.32. The minimum Gasteiger partial charge on any atom is -0.394 e. The van der Waals surface area contributed by atoms with Gasteiger partial charge in [-0.25, -0.2) is 0 Å². The maximum Gasteiger partial charge on any atom is 0 e. The summed E-state index contributed by atoms with van der Waals surface area (Å²) in [6.07, 6.45) is 3.43. The monoisotopic (exact) mass is 183 g/mol. The molecule has 8 heavy (non-hydrogen) atoms. The van der Waals surface area contributed by atoms with Crippen LogP contribution in [0.2, 0.25) is 0 Å². The molecule has 0 aliphatic rings. The molecule has 0 heterocycles. The molecule has 0 saturated carbocycles. The molecule has 0 N–H and O–H groups in total. The van der Waals surface area contributed by atoms with E-state index in [1.807, 2.05) is 0 Å². The molecule has 0 spiro atoms. The van der Waals surface area contributed by atoms with Crippen LogP contribution >= 0.6 is 0 Å². The molecule has 0 rings (SSSR count). The van der Waals surface area contributed by atoms with Gasteiger partial charge in [0.15, 0.2) is 0 Å². The quantitative estimate of drug-likeness (QED) is 0.464. The Balaban J connectivity index is 0. The Kier molecular flexibility index (Phi) is 10.8. The second-order valence-corrected chi connectivity index (χ2v) is 1.49. The molecule has 0 saturated heterocycles. The normalized spacial score (nSPS) is 7.12. The van der Waals surface area contributed by atoms with Gasteiger partial charge in [0.2, 0.25) is 0 Å². The van der Waals surface area contributed by atoms with E-state index in [9.17, 15) is 0 Å². The average Bonchev–Trinajstić information content (AvgIpc) is 1.68. The van der Waals surface area contributed by atoms with Crippen LogP contribution in [0.3, 0.4) is 0 Å². The van der Waals surface area contributed by atoms with E-state index in [0.29, 0.717) is 0 Å². The summed E-state index contributed by atoms with van der Waals surface area (Å²) in [6, 6.07) is 0. The van der Waals surface area contributed by atoms with Gasteiger partial charge < -0.3 is 24.8 Å². The summed E-state index contributed by atoms with van der Waals surface area (Å²) in [7, 11) is 0. The molecule has 0 aliphatic carbocycles. The van der Waals surface area contributed by atoms with Gasteiger partial charge in [-0.2, -0.15) is 0 Å². The molecule has 0 atom stereocenters. The molecule has 1 radical (unpaired) electrons. The molecule has 0 unspecified atom stereocenters. The average molecular weight is 183 g/mol. The van der Waals surface area contributed by atoms with Crippen LogP contribution in [0.15, 0.2) is 11.6 Å². The van der Waals surface area contributed by atoms with Crippen molar-refractivity contribution in [1.82, 2.24) is 0 Å². The molecular formula is C7H10Y-2. The first kappa shape index (κ1) is 11.4. The van der Waals surface area contributed by atoms with E-state index in [-0.39, 0.29) is 32.7 Å².